The number of nitrogens with one attached hydrogen (secondary N) is 2. The topological polar surface area (TPSA) is 74.2 Å². The highest BCUT2D eigenvalue weighted by Gasteiger charge is 2.12. The molecule has 0 saturated heterocycles. The van der Waals surface area contributed by atoms with Crippen molar-refractivity contribution in [2.45, 2.75) is 31.9 Å². The van der Waals surface area contributed by atoms with Gasteiger partial charge in [0.25, 0.3) is 5.91 Å². The van der Waals surface area contributed by atoms with E-state index in [-0.39, 0.29) is 11.9 Å². The summed E-state index contributed by atoms with van der Waals surface area (Å²) < 4.78 is 0. The lowest BCUT2D eigenvalue weighted by Gasteiger charge is -2.20. The van der Waals surface area contributed by atoms with Gasteiger partial charge in [0.1, 0.15) is 5.15 Å². The second kappa shape index (κ2) is 9.51. The predicted molar refractivity (Wildman–Crippen MR) is 99.8 cm³/mol. The number of hydrogen-bond acceptors (Lipinski definition) is 4. The van der Waals surface area contributed by atoms with Gasteiger partial charge >= 0.3 is 0 Å². The number of amides is 1. The Morgan fingerprint density at radius 1 is 1.24 bits per heavy atom. The summed E-state index contributed by atoms with van der Waals surface area (Å²) in [5.41, 5.74) is 2.54. The molecule has 1 unspecified atom stereocenters. The molecule has 1 heterocycles. The molecule has 2 aromatic rings. The maximum atomic E-state index is 11.6. The summed E-state index contributed by atoms with van der Waals surface area (Å²) in [5.74, 6) is -0.0867. The summed E-state index contributed by atoms with van der Waals surface area (Å²) in [6, 6.07) is 11.3. The van der Waals surface area contributed by atoms with E-state index in [1.165, 1.54) is 0 Å². The maximum Gasteiger partial charge on any atom is 0.251 e. The molecular weight excluding hydrogens is 338 g/mol. The van der Waals surface area contributed by atoms with Gasteiger partial charge in [-0.1, -0.05) is 36.7 Å². The molecule has 1 aromatic carbocycles. The van der Waals surface area contributed by atoms with Crippen LogP contribution in [0.3, 0.4) is 0 Å². The van der Waals surface area contributed by atoms with Crippen LogP contribution in [0.4, 0.5) is 0 Å². The van der Waals surface area contributed by atoms with Gasteiger partial charge in [0.2, 0.25) is 0 Å². The minimum Gasteiger partial charge on any atom is -0.387 e. The number of nitrogens with zero attached hydrogens (tertiary/aromatic N) is 1. The molecule has 0 spiro atoms. The fraction of sp³-hybridized carbons (Fsp3) is 0.368. The van der Waals surface area contributed by atoms with Crippen LogP contribution in [0.25, 0.3) is 0 Å². The van der Waals surface area contributed by atoms with E-state index in [1.54, 1.807) is 25.4 Å². The van der Waals surface area contributed by atoms with Gasteiger partial charge in [-0.25, -0.2) is 4.98 Å². The quantitative estimate of drug-likeness (QED) is 0.632. The smallest absolute Gasteiger partial charge is 0.251 e. The molecule has 0 radical (unpaired) electrons. The first-order valence-electron chi connectivity index (χ1n) is 8.37. The summed E-state index contributed by atoms with van der Waals surface area (Å²) in [7, 11) is 1.62. The molecule has 1 amide bonds. The van der Waals surface area contributed by atoms with Gasteiger partial charge in [0, 0.05) is 37.0 Å². The van der Waals surface area contributed by atoms with E-state index in [2.05, 4.69) is 22.5 Å². The molecule has 2 atom stereocenters. The summed E-state index contributed by atoms with van der Waals surface area (Å²) in [6.07, 6.45) is 2.72. The van der Waals surface area contributed by atoms with Crippen molar-refractivity contribution in [3.8, 4) is 0 Å². The Kier molecular flexibility index (Phi) is 7.37. The van der Waals surface area contributed by atoms with Crippen molar-refractivity contribution in [3.63, 3.8) is 0 Å². The third-order valence-electron chi connectivity index (χ3n) is 4.15. The van der Waals surface area contributed by atoms with E-state index in [9.17, 15) is 9.90 Å². The Labute approximate surface area is 153 Å². The van der Waals surface area contributed by atoms with Crippen molar-refractivity contribution in [3.05, 3.63) is 64.4 Å². The largest absolute Gasteiger partial charge is 0.387 e. The number of aliphatic hydroxyl groups is 1. The van der Waals surface area contributed by atoms with Crippen LogP contribution >= 0.6 is 11.6 Å². The van der Waals surface area contributed by atoms with Gasteiger partial charge in [-0.2, -0.15) is 0 Å². The van der Waals surface area contributed by atoms with Crippen molar-refractivity contribution < 1.29 is 9.90 Å². The third kappa shape index (κ3) is 5.81. The molecule has 5 nitrogen and oxygen atoms in total. The van der Waals surface area contributed by atoms with Crippen LogP contribution in [0.15, 0.2) is 42.6 Å². The number of aromatic nitrogens is 1. The van der Waals surface area contributed by atoms with Crippen LogP contribution in [0.5, 0.6) is 0 Å². The summed E-state index contributed by atoms with van der Waals surface area (Å²) in [4.78, 5) is 15.6. The summed E-state index contributed by atoms with van der Waals surface area (Å²) in [6.45, 7) is 2.55. The molecule has 0 saturated carbocycles. The Balaban J connectivity index is 1.89. The number of halogens is 1. The normalized spacial score (nSPS) is 13.3. The number of carbonyl (C=O) groups is 1. The van der Waals surface area contributed by atoms with Gasteiger partial charge < -0.3 is 15.7 Å². The molecule has 3 N–H and O–H groups in total. The van der Waals surface area contributed by atoms with Gasteiger partial charge in [-0.15, -0.1) is 0 Å². The molecule has 1 aromatic heterocycles. The van der Waals surface area contributed by atoms with Gasteiger partial charge in [0.05, 0.1) is 6.10 Å². The number of aliphatic hydroxyl groups excluding tert-OH is 1. The summed E-state index contributed by atoms with van der Waals surface area (Å²) in [5, 5.41) is 16.7. The summed E-state index contributed by atoms with van der Waals surface area (Å²) >= 11 is 5.76. The van der Waals surface area contributed by atoms with Crippen molar-refractivity contribution in [2.24, 2.45) is 0 Å². The number of carbonyl (C=O) groups excluding carboxylic acids is 1. The highest BCUT2D eigenvalue weighted by atomic mass is 35.5. The van der Waals surface area contributed by atoms with E-state index in [4.69, 9.17) is 11.6 Å². The molecule has 0 aliphatic rings. The van der Waals surface area contributed by atoms with Crippen molar-refractivity contribution >= 4 is 17.5 Å². The van der Waals surface area contributed by atoms with Crippen LogP contribution in [0.1, 0.15) is 40.9 Å². The van der Waals surface area contributed by atoms with E-state index in [0.29, 0.717) is 17.3 Å². The monoisotopic (exact) mass is 361 g/mol. The zero-order chi connectivity index (χ0) is 18.2. The lowest BCUT2D eigenvalue weighted by molar-refractivity contribution is 0.0963. The molecule has 6 heteroatoms. The zero-order valence-electron chi connectivity index (χ0n) is 14.5. The van der Waals surface area contributed by atoms with E-state index in [0.717, 1.165) is 24.0 Å². The maximum absolute atomic E-state index is 11.6. The molecule has 0 aliphatic heterocycles. The van der Waals surface area contributed by atoms with Crippen molar-refractivity contribution in [1.82, 2.24) is 15.6 Å². The Hall–Kier alpha value is -1.95. The lowest BCUT2D eigenvalue weighted by Crippen LogP contribution is -2.34. The zero-order valence-corrected chi connectivity index (χ0v) is 15.3. The first-order chi connectivity index (χ1) is 12.0. The van der Waals surface area contributed by atoms with Crippen LogP contribution in [-0.2, 0) is 6.42 Å². The third-order valence-corrected chi connectivity index (χ3v) is 4.38. The fourth-order valence-corrected chi connectivity index (χ4v) is 2.67. The van der Waals surface area contributed by atoms with Crippen LogP contribution < -0.4 is 10.6 Å². The van der Waals surface area contributed by atoms with E-state index < -0.39 is 6.10 Å². The number of rotatable bonds is 8. The van der Waals surface area contributed by atoms with Crippen LogP contribution in [0.2, 0.25) is 5.15 Å². The standard InChI is InChI=1S/C19H24ClN3O2/c1-3-16(10-13-4-6-14(7-5-13)19(25)21-2)22-12-17(24)15-8-9-18(20)23-11-15/h4-9,11,16-17,22,24H,3,10,12H2,1-2H3,(H,21,25)/t16?,17-/m0/s1. The molecule has 2 rings (SSSR count). The molecule has 25 heavy (non-hydrogen) atoms. The first kappa shape index (κ1) is 19.4. The molecule has 0 aliphatic carbocycles. The Morgan fingerprint density at radius 3 is 2.52 bits per heavy atom. The average molecular weight is 362 g/mol. The number of benzene rings is 1. The number of hydrogen-bond donors (Lipinski definition) is 3. The average Bonchev–Trinajstić information content (AvgIpc) is 2.65. The highest BCUT2D eigenvalue weighted by molar-refractivity contribution is 6.29. The van der Waals surface area contributed by atoms with Gasteiger partial charge in [-0.3, -0.25) is 4.79 Å². The van der Waals surface area contributed by atoms with Crippen LogP contribution in [-0.4, -0.2) is 35.6 Å². The molecule has 134 valence electrons. The fourth-order valence-electron chi connectivity index (χ4n) is 2.56. The second-order valence-electron chi connectivity index (χ2n) is 5.92. The highest BCUT2D eigenvalue weighted by Crippen LogP contribution is 2.14. The van der Waals surface area contributed by atoms with Crippen molar-refractivity contribution in [2.75, 3.05) is 13.6 Å². The lowest BCUT2D eigenvalue weighted by atomic mass is 10.0. The van der Waals surface area contributed by atoms with Crippen LogP contribution in [0, 0.1) is 0 Å². The minimum atomic E-state index is -0.630. The molecule has 0 fully saturated rings. The number of pyridine rings is 1. The predicted octanol–water partition coefficient (Wildman–Crippen LogP) is 2.74. The second-order valence-corrected chi connectivity index (χ2v) is 6.31. The van der Waals surface area contributed by atoms with Gasteiger partial charge in [0.15, 0.2) is 0 Å². The minimum absolute atomic E-state index is 0.0867. The molecular formula is C19H24ClN3O2. The SMILES string of the molecule is CCC(Cc1ccc(C(=O)NC)cc1)NC[C@H](O)c1ccc(Cl)nc1. The van der Waals surface area contributed by atoms with E-state index in [1.807, 2.05) is 24.3 Å². The Bertz CT molecular complexity index is 674. The first-order valence-corrected chi connectivity index (χ1v) is 8.75. The van der Waals surface area contributed by atoms with Crippen molar-refractivity contribution in [1.29, 1.82) is 0 Å². The molecule has 0 bridgehead atoms. The van der Waals surface area contributed by atoms with E-state index >= 15 is 0 Å². The Morgan fingerprint density at radius 2 is 1.96 bits per heavy atom. The van der Waals surface area contributed by atoms with Gasteiger partial charge in [-0.05, 0) is 36.6 Å².